The normalized spacial score (nSPS) is 15.7. The van der Waals surface area contributed by atoms with E-state index in [-0.39, 0.29) is 6.04 Å². The van der Waals surface area contributed by atoms with Gasteiger partial charge in [-0.25, -0.2) is 9.97 Å². The van der Waals surface area contributed by atoms with Gasteiger partial charge >= 0.3 is 0 Å². The van der Waals surface area contributed by atoms with Crippen molar-refractivity contribution in [2.24, 2.45) is 11.7 Å². The van der Waals surface area contributed by atoms with E-state index in [0.717, 1.165) is 16.9 Å². The van der Waals surface area contributed by atoms with Crippen molar-refractivity contribution < 1.29 is 0 Å². The largest absolute Gasteiger partial charge is 0.399 e. The highest BCUT2D eigenvalue weighted by atomic mass is 15.3. The van der Waals surface area contributed by atoms with E-state index >= 15 is 0 Å². The van der Waals surface area contributed by atoms with E-state index in [0.29, 0.717) is 24.1 Å². The SMILES string of the molecule is NCC(C1CCCC1)n1cc(-c2ccnc(Nc3cccc(N)c3)n2)cn1. The Labute approximate surface area is 158 Å². The van der Waals surface area contributed by atoms with Crippen LogP contribution >= 0.6 is 0 Å². The molecule has 0 spiro atoms. The standard InChI is InChI=1S/C20H25N7/c21-11-19(14-4-1-2-5-14)27-13-15(12-24-27)18-8-9-23-20(26-18)25-17-7-3-6-16(22)10-17/h3,6-10,12-14,19H,1-2,4-5,11,21-22H2,(H,23,25,26). The highest BCUT2D eigenvalue weighted by molar-refractivity contribution is 5.62. The minimum Gasteiger partial charge on any atom is -0.399 e. The van der Waals surface area contributed by atoms with Crippen molar-refractivity contribution >= 4 is 17.3 Å². The van der Waals surface area contributed by atoms with Crippen molar-refractivity contribution in [2.75, 3.05) is 17.6 Å². The molecule has 4 rings (SSSR count). The quantitative estimate of drug-likeness (QED) is 0.580. The molecule has 1 aromatic carbocycles. The van der Waals surface area contributed by atoms with Crippen molar-refractivity contribution in [1.82, 2.24) is 19.7 Å². The lowest BCUT2D eigenvalue weighted by molar-refractivity contribution is 0.317. The first kappa shape index (κ1) is 17.5. The zero-order valence-corrected chi connectivity index (χ0v) is 15.3. The number of aromatic nitrogens is 4. The van der Waals surface area contributed by atoms with Crippen LogP contribution in [-0.2, 0) is 0 Å². The summed E-state index contributed by atoms with van der Waals surface area (Å²) in [4.78, 5) is 8.92. The molecule has 7 heteroatoms. The molecule has 3 aromatic rings. The monoisotopic (exact) mass is 363 g/mol. The summed E-state index contributed by atoms with van der Waals surface area (Å²) in [5.41, 5.74) is 15.2. The number of nitrogens with two attached hydrogens (primary N) is 2. The molecule has 27 heavy (non-hydrogen) atoms. The zero-order chi connectivity index (χ0) is 18.6. The van der Waals surface area contributed by atoms with Crippen LogP contribution in [0.5, 0.6) is 0 Å². The third kappa shape index (κ3) is 3.93. The van der Waals surface area contributed by atoms with E-state index < -0.39 is 0 Å². The van der Waals surface area contributed by atoms with E-state index in [9.17, 15) is 0 Å². The number of anilines is 3. The van der Waals surface area contributed by atoms with E-state index in [1.165, 1.54) is 25.7 Å². The molecule has 2 aromatic heterocycles. The second kappa shape index (κ2) is 7.75. The topological polar surface area (TPSA) is 108 Å². The maximum absolute atomic E-state index is 6.05. The Bertz CT molecular complexity index is 899. The lowest BCUT2D eigenvalue weighted by Crippen LogP contribution is -2.26. The van der Waals surface area contributed by atoms with Gasteiger partial charge in [-0.2, -0.15) is 5.10 Å². The van der Waals surface area contributed by atoms with Crippen LogP contribution in [0.15, 0.2) is 48.9 Å². The minimum atomic E-state index is 0.257. The number of benzene rings is 1. The molecule has 1 aliphatic rings. The van der Waals surface area contributed by atoms with Gasteiger partial charge in [0.25, 0.3) is 0 Å². The van der Waals surface area contributed by atoms with E-state index in [2.05, 4.69) is 20.4 Å². The number of hydrogen-bond donors (Lipinski definition) is 3. The predicted octanol–water partition coefficient (Wildman–Crippen LogP) is 3.36. The van der Waals surface area contributed by atoms with Crippen molar-refractivity contribution in [3.8, 4) is 11.3 Å². The zero-order valence-electron chi connectivity index (χ0n) is 15.3. The van der Waals surface area contributed by atoms with Gasteiger partial charge in [-0.3, -0.25) is 4.68 Å². The van der Waals surface area contributed by atoms with Crippen LogP contribution in [0.2, 0.25) is 0 Å². The molecule has 1 fully saturated rings. The molecule has 7 nitrogen and oxygen atoms in total. The number of hydrogen-bond acceptors (Lipinski definition) is 6. The van der Waals surface area contributed by atoms with Crippen LogP contribution in [0.25, 0.3) is 11.3 Å². The molecule has 1 aliphatic carbocycles. The summed E-state index contributed by atoms with van der Waals surface area (Å²) in [7, 11) is 0. The first-order valence-electron chi connectivity index (χ1n) is 9.43. The van der Waals surface area contributed by atoms with Gasteiger partial charge in [-0.15, -0.1) is 0 Å². The molecule has 0 bridgehead atoms. The first-order chi connectivity index (χ1) is 13.2. The molecular weight excluding hydrogens is 338 g/mol. The minimum absolute atomic E-state index is 0.257. The van der Waals surface area contributed by atoms with Crippen LogP contribution < -0.4 is 16.8 Å². The van der Waals surface area contributed by atoms with Crippen LogP contribution in [0, 0.1) is 5.92 Å². The molecule has 0 amide bonds. The molecule has 0 radical (unpaired) electrons. The summed E-state index contributed by atoms with van der Waals surface area (Å²) in [6, 6.07) is 9.66. The molecule has 2 heterocycles. The van der Waals surface area contributed by atoms with Crippen LogP contribution in [0.3, 0.4) is 0 Å². The van der Waals surface area contributed by atoms with Gasteiger partial charge in [0.05, 0.1) is 17.9 Å². The Kier molecular flexibility index (Phi) is 5.02. The van der Waals surface area contributed by atoms with Crippen molar-refractivity contribution in [2.45, 2.75) is 31.7 Å². The summed E-state index contributed by atoms with van der Waals surface area (Å²) < 4.78 is 2.01. The third-order valence-electron chi connectivity index (χ3n) is 5.22. The fourth-order valence-electron chi connectivity index (χ4n) is 3.84. The molecule has 1 atom stereocenters. The average Bonchev–Trinajstić information content (AvgIpc) is 3.35. The Balaban J connectivity index is 1.54. The van der Waals surface area contributed by atoms with Gasteiger partial charge in [0.2, 0.25) is 5.95 Å². The Hall–Kier alpha value is -2.93. The van der Waals surface area contributed by atoms with Gasteiger partial charge in [0, 0.05) is 35.9 Å². The summed E-state index contributed by atoms with van der Waals surface area (Å²) in [5.74, 6) is 1.14. The molecular formula is C20H25N7. The second-order valence-corrected chi connectivity index (χ2v) is 7.07. The summed E-state index contributed by atoms with van der Waals surface area (Å²) in [6.45, 7) is 0.609. The average molecular weight is 363 g/mol. The van der Waals surface area contributed by atoms with Crippen molar-refractivity contribution in [3.05, 3.63) is 48.9 Å². The van der Waals surface area contributed by atoms with Crippen molar-refractivity contribution in [1.29, 1.82) is 0 Å². The summed E-state index contributed by atoms with van der Waals surface area (Å²) in [6.07, 6.45) is 10.7. The first-order valence-corrected chi connectivity index (χ1v) is 9.43. The smallest absolute Gasteiger partial charge is 0.227 e. The lowest BCUT2D eigenvalue weighted by atomic mass is 9.98. The Morgan fingerprint density at radius 1 is 1.22 bits per heavy atom. The van der Waals surface area contributed by atoms with E-state index in [1.807, 2.05) is 47.4 Å². The van der Waals surface area contributed by atoms with Gasteiger partial charge < -0.3 is 16.8 Å². The fourth-order valence-corrected chi connectivity index (χ4v) is 3.84. The van der Waals surface area contributed by atoms with Gasteiger partial charge in [-0.1, -0.05) is 18.9 Å². The number of rotatable bonds is 6. The summed E-state index contributed by atoms with van der Waals surface area (Å²) in [5, 5.41) is 7.76. The third-order valence-corrected chi connectivity index (χ3v) is 5.22. The number of nitrogens with one attached hydrogen (secondary N) is 1. The summed E-state index contributed by atoms with van der Waals surface area (Å²) >= 11 is 0. The maximum Gasteiger partial charge on any atom is 0.227 e. The maximum atomic E-state index is 6.05. The van der Waals surface area contributed by atoms with Crippen LogP contribution in [0.4, 0.5) is 17.3 Å². The number of nitrogens with zero attached hydrogens (tertiary/aromatic N) is 4. The highest BCUT2D eigenvalue weighted by Gasteiger charge is 2.26. The molecule has 0 saturated heterocycles. The second-order valence-electron chi connectivity index (χ2n) is 7.07. The Morgan fingerprint density at radius 3 is 2.85 bits per heavy atom. The van der Waals surface area contributed by atoms with Gasteiger partial charge in [0.15, 0.2) is 0 Å². The molecule has 1 unspecified atom stereocenters. The molecule has 140 valence electrons. The van der Waals surface area contributed by atoms with Crippen LogP contribution in [0.1, 0.15) is 31.7 Å². The predicted molar refractivity (Wildman–Crippen MR) is 107 cm³/mol. The highest BCUT2D eigenvalue weighted by Crippen LogP contribution is 2.34. The molecule has 1 saturated carbocycles. The fraction of sp³-hybridized carbons (Fsp3) is 0.350. The molecule has 5 N–H and O–H groups in total. The van der Waals surface area contributed by atoms with E-state index in [4.69, 9.17) is 11.5 Å². The van der Waals surface area contributed by atoms with Crippen LogP contribution in [-0.4, -0.2) is 26.3 Å². The lowest BCUT2D eigenvalue weighted by Gasteiger charge is -2.22. The van der Waals surface area contributed by atoms with Gasteiger partial charge in [-0.05, 0) is 43.0 Å². The Morgan fingerprint density at radius 2 is 2.07 bits per heavy atom. The number of nitrogen functional groups attached to an aromatic ring is 1. The van der Waals surface area contributed by atoms with E-state index in [1.54, 1.807) is 6.20 Å². The van der Waals surface area contributed by atoms with Gasteiger partial charge in [0.1, 0.15) is 0 Å². The van der Waals surface area contributed by atoms with Crippen molar-refractivity contribution in [3.63, 3.8) is 0 Å². The molecule has 0 aliphatic heterocycles.